The molecule has 1 aromatic carbocycles. The first-order valence-corrected chi connectivity index (χ1v) is 4.26. The molecule has 0 bridgehead atoms. The van der Waals surface area contributed by atoms with Crippen LogP contribution in [0.3, 0.4) is 0 Å². The summed E-state index contributed by atoms with van der Waals surface area (Å²) in [7, 11) is 0. The van der Waals surface area contributed by atoms with Gasteiger partial charge in [0, 0.05) is 12.1 Å². The summed E-state index contributed by atoms with van der Waals surface area (Å²) in [5, 5.41) is 19.2. The summed E-state index contributed by atoms with van der Waals surface area (Å²) in [6.45, 7) is -0.948. The van der Waals surface area contributed by atoms with Crippen LogP contribution in [-0.2, 0) is 0 Å². The molecule has 0 saturated carbocycles. The normalized spacial score (nSPS) is 9.81. The van der Waals surface area contributed by atoms with E-state index in [1.807, 2.05) is 0 Å². The molecule has 0 aliphatic rings. The van der Waals surface area contributed by atoms with Gasteiger partial charge in [-0.05, 0) is 6.07 Å². The Bertz CT molecular complexity index is 420. The zero-order valence-corrected chi connectivity index (χ0v) is 8.05. The van der Waals surface area contributed by atoms with E-state index in [2.05, 4.69) is 0 Å². The van der Waals surface area contributed by atoms with Gasteiger partial charge in [0.25, 0.3) is 5.69 Å². The first-order valence-electron chi connectivity index (χ1n) is 4.26. The Labute approximate surface area is 89.4 Å². The van der Waals surface area contributed by atoms with E-state index in [1.165, 1.54) is 6.07 Å². The van der Waals surface area contributed by atoms with Crippen LogP contribution in [0.4, 0.5) is 10.1 Å². The van der Waals surface area contributed by atoms with Crippen LogP contribution in [0.2, 0.25) is 0 Å². The molecule has 16 heavy (non-hydrogen) atoms. The van der Waals surface area contributed by atoms with Crippen LogP contribution in [0.5, 0.6) is 5.75 Å². The van der Waals surface area contributed by atoms with Crippen molar-refractivity contribution >= 4 is 11.7 Å². The molecule has 0 amide bonds. The quantitative estimate of drug-likeness (QED) is 0.612. The van der Waals surface area contributed by atoms with Crippen molar-refractivity contribution in [2.45, 2.75) is 0 Å². The number of halogens is 1. The molecule has 0 spiro atoms. The Hall–Kier alpha value is -2.18. The smallest absolute Gasteiger partial charge is 0.342 e. The predicted molar refractivity (Wildman–Crippen MR) is 51.5 cm³/mol. The fourth-order valence-corrected chi connectivity index (χ4v) is 1.09. The van der Waals surface area contributed by atoms with Gasteiger partial charge in [0.05, 0.1) is 4.92 Å². The first kappa shape index (κ1) is 11.9. The van der Waals surface area contributed by atoms with Gasteiger partial charge in [0.1, 0.15) is 24.6 Å². The topological polar surface area (TPSA) is 89.7 Å². The van der Waals surface area contributed by atoms with Crippen LogP contribution in [0, 0.1) is 10.1 Å². The number of nitro groups is 1. The molecule has 0 fully saturated rings. The van der Waals surface area contributed by atoms with Gasteiger partial charge in [0.15, 0.2) is 0 Å². The molecule has 0 unspecified atom stereocenters. The maximum Gasteiger partial charge on any atom is 0.342 e. The molecule has 86 valence electrons. The number of ether oxygens (including phenoxy) is 1. The lowest BCUT2D eigenvalue weighted by Gasteiger charge is -2.04. The van der Waals surface area contributed by atoms with E-state index in [0.29, 0.717) is 0 Å². The third kappa shape index (κ3) is 2.66. The number of nitrogens with zero attached hydrogens (tertiary/aromatic N) is 1. The van der Waals surface area contributed by atoms with Crippen LogP contribution >= 0.6 is 0 Å². The minimum Gasteiger partial charge on any atom is -0.491 e. The number of aromatic carboxylic acids is 1. The second kappa shape index (κ2) is 5.06. The zero-order valence-electron chi connectivity index (χ0n) is 8.05. The number of hydrogen-bond acceptors (Lipinski definition) is 4. The number of alkyl halides is 1. The SMILES string of the molecule is O=C(O)c1cc(OCCF)ccc1[N+](=O)[O-]. The summed E-state index contributed by atoms with van der Waals surface area (Å²) >= 11 is 0. The second-order valence-electron chi connectivity index (χ2n) is 2.78. The first-order chi connectivity index (χ1) is 7.56. The Morgan fingerprint density at radius 2 is 2.25 bits per heavy atom. The monoisotopic (exact) mass is 229 g/mol. The average Bonchev–Trinajstić information content (AvgIpc) is 2.25. The maximum absolute atomic E-state index is 11.8. The molecule has 1 rings (SSSR count). The summed E-state index contributed by atoms with van der Waals surface area (Å²) in [5.41, 5.74) is -1.01. The van der Waals surface area contributed by atoms with Crippen LogP contribution in [0.25, 0.3) is 0 Å². The van der Waals surface area contributed by atoms with Crippen LogP contribution in [-0.4, -0.2) is 29.3 Å². The molecule has 0 radical (unpaired) electrons. The predicted octanol–water partition coefficient (Wildman–Crippen LogP) is 1.64. The Morgan fingerprint density at radius 3 is 2.75 bits per heavy atom. The summed E-state index contributed by atoms with van der Waals surface area (Å²) < 4.78 is 16.6. The molecular weight excluding hydrogens is 221 g/mol. The van der Waals surface area contributed by atoms with Crippen molar-refractivity contribution in [3.8, 4) is 5.75 Å². The van der Waals surface area contributed by atoms with E-state index in [9.17, 15) is 19.3 Å². The van der Waals surface area contributed by atoms with Gasteiger partial charge < -0.3 is 9.84 Å². The number of rotatable bonds is 5. The molecule has 0 atom stereocenters. The number of benzene rings is 1. The molecule has 7 heteroatoms. The summed E-state index contributed by atoms with van der Waals surface area (Å²) in [6, 6.07) is 3.23. The van der Waals surface area contributed by atoms with Gasteiger partial charge in [-0.3, -0.25) is 10.1 Å². The number of carbonyl (C=O) groups is 1. The fourth-order valence-electron chi connectivity index (χ4n) is 1.09. The Kier molecular flexibility index (Phi) is 3.76. The van der Waals surface area contributed by atoms with Gasteiger partial charge in [0.2, 0.25) is 0 Å². The van der Waals surface area contributed by atoms with Crippen molar-refractivity contribution in [1.82, 2.24) is 0 Å². The van der Waals surface area contributed by atoms with Gasteiger partial charge in [-0.15, -0.1) is 0 Å². The minimum atomic E-state index is -1.43. The van der Waals surface area contributed by atoms with Gasteiger partial charge >= 0.3 is 5.97 Å². The number of carboxylic acid groups (broad SMARTS) is 1. The van der Waals surface area contributed by atoms with E-state index in [4.69, 9.17) is 9.84 Å². The van der Waals surface area contributed by atoms with Gasteiger partial charge in [-0.1, -0.05) is 0 Å². The third-order valence-corrected chi connectivity index (χ3v) is 1.74. The van der Waals surface area contributed by atoms with Gasteiger partial charge in [-0.25, -0.2) is 9.18 Å². The van der Waals surface area contributed by atoms with Crippen molar-refractivity contribution in [3.63, 3.8) is 0 Å². The molecule has 0 aliphatic carbocycles. The molecule has 0 heterocycles. The summed E-state index contributed by atoms with van der Waals surface area (Å²) in [6.07, 6.45) is 0. The van der Waals surface area contributed by atoms with Crippen molar-refractivity contribution in [3.05, 3.63) is 33.9 Å². The van der Waals surface area contributed by atoms with E-state index < -0.39 is 28.8 Å². The molecule has 0 aromatic heterocycles. The Balaban J connectivity index is 3.07. The van der Waals surface area contributed by atoms with E-state index in [1.54, 1.807) is 0 Å². The van der Waals surface area contributed by atoms with E-state index in [0.717, 1.165) is 12.1 Å². The fraction of sp³-hybridized carbons (Fsp3) is 0.222. The molecule has 6 nitrogen and oxygen atoms in total. The maximum atomic E-state index is 11.8. The van der Waals surface area contributed by atoms with E-state index in [-0.39, 0.29) is 12.4 Å². The molecule has 0 aliphatic heterocycles. The van der Waals surface area contributed by atoms with Crippen molar-refractivity contribution in [1.29, 1.82) is 0 Å². The highest BCUT2D eigenvalue weighted by molar-refractivity contribution is 5.92. The van der Waals surface area contributed by atoms with Crippen molar-refractivity contribution < 1.29 is 24.0 Å². The number of carboxylic acids is 1. The van der Waals surface area contributed by atoms with Crippen molar-refractivity contribution in [2.75, 3.05) is 13.3 Å². The highest BCUT2D eigenvalue weighted by Crippen LogP contribution is 2.24. The number of hydrogen-bond donors (Lipinski definition) is 1. The summed E-state index contributed by atoms with van der Waals surface area (Å²) in [4.78, 5) is 20.4. The Morgan fingerprint density at radius 1 is 1.56 bits per heavy atom. The van der Waals surface area contributed by atoms with Crippen LogP contribution < -0.4 is 4.74 Å². The lowest BCUT2D eigenvalue weighted by molar-refractivity contribution is -0.385. The highest BCUT2D eigenvalue weighted by atomic mass is 19.1. The largest absolute Gasteiger partial charge is 0.491 e. The minimum absolute atomic E-state index is 0.0839. The molecule has 1 aromatic rings. The average molecular weight is 229 g/mol. The standard InChI is InChI=1S/C9H8FNO5/c10-3-4-16-6-1-2-8(11(14)15)7(5-6)9(12)13/h1-2,5H,3-4H2,(H,12,13). The summed E-state index contributed by atoms with van der Waals surface area (Å²) in [5.74, 6) is -1.35. The number of nitro benzene ring substituents is 1. The second-order valence-corrected chi connectivity index (χ2v) is 2.78. The zero-order chi connectivity index (χ0) is 12.1. The lowest BCUT2D eigenvalue weighted by Crippen LogP contribution is -2.04. The van der Waals surface area contributed by atoms with Crippen LogP contribution in [0.1, 0.15) is 10.4 Å². The van der Waals surface area contributed by atoms with E-state index >= 15 is 0 Å². The third-order valence-electron chi connectivity index (χ3n) is 1.74. The molecular formula is C9H8FNO5. The lowest BCUT2D eigenvalue weighted by atomic mass is 10.2. The molecule has 0 saturated heterocycles. The van der Waals surface area contributed by atoms with Gasteiger partial charge in [-0.2, -0.15) is 0 Å². The van der Waals surface area contributed by atoms with Crippen LogP contribution in [0.15, 0.2) is 18.2 Å². The van der Waals surface area contributed by atoms with Crippen molar-refractivity contribution in [2.24, 2.45) is 0 Å². The molecule has 1 N–H and O–H groups in total. The highest BCUT2D eigenvalue weighted by Gasteiger charge is 2.20.